The van der Waals surface area contributed by atoms with E-state index in [9.17, 15) is 0 Å². The second kappa shape index (κ2) is 19.3. The maximum absolute atomic E-state index is 3.55. The molecule has 3 heteroatoms. The number of nitrogens with zero attached hydrogens (tertiary/aromatic N) is 1. The molecule has 0 unspecified atom stereocenters. The van der Waals surface area contributed by atoms with Crippen LogP contribution < -0.4 is 5.32 Å². The highest BCUT2D eigenvalue weighted by molar-refractivity contribution is 7.25. The monoisotopic (exact) mass is 608 g/mol. The van der Waals surface area contributed by atoms with Crippen molar-refractivity contribution in [2.75, 3.05) is 12.4 Å². The first-order valence-electron chi connectivity index (χ1n) is 15.1. The van der Waals surface area contributed by atoms with E-state index in [2.05, 4.69) is 152 Å². The highest BCUT2D eigenvalue weighted by Gasteiger charge is 2.08. The van der Waals surface area contributed by atoms with Gasteiger partial charge in [0.2, 0.25) is 0 Å². The molecule has 5 aromatic carbocycles. The summed E-state index contributed by atoms with van der Waals surface area (Å²) in [5.41, 5.74) is 7.44. The zero-order chi connectivity index (χ0) is 32.3. The van der Waals surface area contributed by atoms with Gasteiger partial charge in [-0.25, -0.2) is 0 Å². The van der Waals surface area contributed by atoms with Crippen LogP contribution in [0.15, 0.2) is 157 Å². The van der Waals surface area contributed by atoms with Gasteiger partial charge >= 0.3 is 0 Å². The van der Waals surface area contributed by atoms with Crippen LogP contribution >= 0.6 is 11.3 Å². The van der Waals surface area contributed by atoms with E-state index in [0.717, 1.165) is 12.2 Å². The fourth-order valence-electron chi connectivity index (χ4n) is 4.50. The summed E-state index contributed by atoms with van der Waals surface area (Å²) in [6.45, 7) is 13.3. The summed E-state index contributed by atoms with van der Waals surface area (Å²) in [7, 11) is 1.64. The van der Waals surface area contributed by atoms with E-state index in [0.29, 0.717) is 0 Å². The summed E-state index contributed by atoms with van der Waals surface area (Å²) in [6, 6.07) is 43.0. The topological polar surface area (TPSA) is 24.4 Å². The third-order valence-electron chi connectivity index (χ3n) is 6.56. The Labute approximate surface area is 273 Å². The largest absolute Gasteiger partial charge is 0.381 e. The summed E-state index contributed by atoms with van der Waals surface area (Å²) in [4.78, 5) is 3.25. The number of aryl methyl sites for hydroxylation is 1. The lowest BCUT2D eigenvalue weighted by Crippen LogP contribution is -1.98. The second-order valence-corrected chi connectivity index (χ2v) is 11.3. The molecule has 2 nitrogen and oxygen atoms in total. The first-order chi connectivity index (χ1) is 22.0. The molecule has 0 fully saturated rings. The molecule has 0 aliphatic heterocycles. The minimum atomic E-state index is 0.821. The maximum atomic E-state index is 3.55. The minimum absolute atomic E-state index is 0.821. The van der Waals surface area contributed by atoms with Gasteiger partial charge < -0.3 is 10.3 Å². The average molecular weight is 609 g/mol. The third-order valence-corrected chi connectivity index (χ3v) is 7.71. The van der Waals surface area contributed by atoms with Crippen LogP contribution in [-0.4, -0.2) is 13.8 Å². The predicted molar refractivity (Wildman–Crippen MR) is 205 cm³/mol. The van der Waals surface area contributed by atoms with Crippen molar-refractivity contribution in [3.05, 3.63) is 169 Å². The number of hydrogen-bond donors (Lipinski definition) is 1. The van der Waals surface area contributed by atoms with Crippen LogP contribution in [0.3, 0.4) is 0 Å². The minimum Gasteiger partial charge on any atom is -0.381 e. The van der Waals surface area contributed by atoms with Crippen LogP contribution in [0.1, 0.15) is 30.5 Å². The van der Waals surface area contributed by atoms with Crippen LogP contribution in [0.5, 0.6) is 0 Å². The average Bonchev–Trinajstić information content (AvgIpc) is 3.43. The van der Waals surface area contributed by atoms with Gasteiger partial charge in [-0.05, 0) is 86.1 Å². The Balaban J connectivity index is 0.000000358. The molecule has 0 atom stereocenters. The molecule has 0 bridgehead atoms. The summed E-state index contributed by atoms with van der Waals surface area (Å²) >= 11 is 1.86. The van der Waals surface area contributed by atoms with E-state index in [4.69, 9.17) is 0 Å². The first kappa shape index (κ1) is 34.5. The van der Waals surface area contributed by atoms with Crippen LogP contribution in [0, 0.1) is 6.92 Å². The number of rotatable bonds is 6. The Morgan fingerprint density at radius 1 is 0.711 bits per heavy atom. The van der Waals surface area contributed by atoms with Gasteiger partial charge in [-0.3, -0.25) is 0 Å². The van der Waals surface area contributed by atoms with Gasteiger partial charge in [0.25, 0.3) is 0 Å². The van der Waals surface area contributed by atoms with E-state index in [1.165, 1.54) is 48.0 Å². The maximum Gasteiger partial charge on any atom is 0.0400 e. The second-order valence-electron chi connectivity index (χ2n) is 10.3. The van der Waals surface area contributed by atoms with Crippen molar-refractivity contribution in [2.45, 2.75) is 27.3 Å². The standard InChI is InChI=1S/C30H25NS.C7H8.C3H6.C2H5N/c1-2-3-5-9-22-14-16-29-27(18-22)28-20-25(15-17-30(28)32-29)24-12-8-13-26(19-24)31-21-23-10-6-4-7-11-23;1-7-5-3-2-4-6-7;2*1-3-2/h2-20,31H,21H2,1H3;2-6H,1H3;3H,1H2,2H3;1H2,2H3/b3-2-,9-5-;;;. The zero-order valence-corrected chi connectivity index (χ0v) is 27.7. The van der Waals surface area contributed by atoms with Crippen molar-refractivity contribution in [2.24, 2.45) is 4.99 Å². The number of allylic oxidation sites excluding steroid dienone is 4. The fraction of sp³-hybridized carbons (Fsp3) is 0.119. The Morgan fingerprint density at radius 3 is 1.93 bits per heavy atom. The highest BCUT2D eigenvalue weighted by atomic mass is 32.1. The summed E-state index contributed by atoms with van der Waals surface area (Å²) in [6.07, 6.45) is 10.1. The molecule has 1 heterocycles. The van der Waals surface area contributed by atoms with Gasteiger partial charge in [-0.2, -0.15) is 0 Å². The molecule has 0 radical (unpaired) electrons. The van der Waals surface area contributed by atoms with Crippen molar-refractivity contribution in [1.82, 2.24) is 0 Å². The summed E-state index contributed by atoms with van der Waals surface area (Å²) in [5, 5.41) is 6.21. The number of nitrogens with one attached hydrogen (secondary N) is 1. The van der Waals surface area contributed by atoms with Gasteiger partial charge in [0.15, 0.2) is 0 Å². The number of aliphatic imine (C=N–C) groups is 1. The van der Waals surface area contributed by atoms with Gasteiger partial charge in [-0.15, -0.1) is 17.9 Å². The number of hydrogen-bond acceptors (Lipinski definition) is 3. The number of thiophene rings is 1. The molecule has 45 heavy (non-hydrogen) atoms. The molecular formula is C42H44N2S. The number of anilines is 1. The Kier molecular flexibility index (Phi) is 14.8. The van der Waals surface area contributed by atoms with Gasteiger partial charge in [0.05, 0.1) is 0 Å². The Morgan fingerprint density at radius 2 is 1.31 bits per heavy atom. The molecular weight excluding hydrogens is 565 g/mol. The van der Waals surface area contributed by atoms with Crippen molar-refractivity contribution < 1.29 is 0 Å². The zero-order valence-electron chi connectivity index (χ0n) is 26.9. The SMILES string of the molecule is C/C=C\C=C/c1ccc2sc3ccc(-c4cccc(NCc5ccccc5)c4)cc3c2c1.C=CC.C=NC.Cc1ccccc1. The summed E-state index contributed by atoms with van der Waals surface area (Å²) < 4.78 is 2.66. The molecule has 0 aliphatic rings. The van der Waals surface area contributed by atoms with Gasteiger partial charge in [0, 0.05) is 39.5 Å². The summed E-state index contributed by atoms with van der Waals surface area (Å²) in [5.74, 6) is 0. The van der Waals surface area contributed by atoms with Crippen LogP contribution in [0.25, 0.3) is 37.4 Å². The van der Waals surface area contributed by atoms with Crippen molar-refractivity contribution in [3.8, 4) is 11.1 Å². The lowest BCUT2D eigenvalue weighted by molar-refractivity contribution is 1.15. The normalized spacial score (nSPS) is 10.3. The first-order valence-corrected chi connectivity index (χ1v) is 15.9. The Bertz CT molecular complexity index is 1810. The highest BCUT2D eigenvalue weighted by Crippen LogP contribution is 2.37. The van der Waals surface area contributed by atoms with Crippen molar-refractivity contribution >= 4 is 50.0 Å². The van der Waals surface area contributed by atoms with E-state index in [1.807, 2.05) is 49.5 Å². The predicted octanol–water partition coefficient (Wildman–Crippen LogP) is 12.4. The fourth-order valence-corrected chi connectivity index (χ4v) is 5.57. The van der Waals surface area contributed by atoms with E-state index in [-0.39, 0.29) is 0 Å². The molecule has 0 amide bonds. The molecule has 0 spiro atoms. The smallest absolute Gasteiger partial charge is 0.0400 e. The molecule has 1 N–H and O–H groups in total. The number of fused-ring (bicyclic) bond motifs is 3. The van der Waals surface area contributed by atoms with Gasteiger partial charge in [-0.1, -0.05) is 121 Å². The number of benzene rings is 5. The molecule has 0 aliphatic carbocycles. The molecule has 0 saturated carbocycles. The van der Waals surface area contributed by atoms with E-state index < -0.39 is 0 Å². The molecule has 6 rings (SSSR count). The van der Waals surface area contributed by atoms with Crippen molar-refractivity contribution in [1.29, 1.82) is 0 Å². The molecule has 6 aromatic rings. The quantitative estimate of drug-likeness (QED) is 0.114. The third kappa shape index (κ3) is 11.2. The van der Waals surface area contributed by atoms with Crippen molar-refractivity contribution in [3.63, 3.8) is 0 Å². The van der Waals surface area contributed by atoms with Crippen LogP contribution in [-0.2, 0) is 6.54 Å². The van der Waals surface area contributed by atoms with E-state index >= 15 is 0 Å². The molecule has 0 saturated heterocycles. The van der Waals surface area contributed by atoms with Crippen LogP contribution in [0.4, 0.5) is 5.69 Å². The van der Waals surface area contributed by atoms with Gasteiger partial charge in [0.1, 0.15) is 0 Å². The molecule has 228 valence electrons. The lowest BCUT2D eigenvalue weighted by Gasteiger charge is -2.09. The Hall–Kier alpha value is -4.99. The lowest BCUT2D eigenvalue weighted by atomic mass is 10.0. The van der Waals surface area contributed by atoms with Crippen LogP contribution in [0.2, 0.25) is 0 Å². The van der Waals surface area contributed by atoms with E-state index in [1.54, 1.807) is 13.1 Å². The molecule has 1 aromatic heterocycles.